The summed E-state index contributed by atoms with van der Waals surface area (Å²) >= 11 is 0. The largest absolute Gasteiger partial charge is 0.491 e. The maximum absolute atomic E-state index is 14.5. The highest BCUT2D eigenvalue weighted by atomic mass is 19.1. The molecule has 0 saturated carbocycles. The highest BCUT2D eigenvalue weighted by Gasteiger charge is 2.23. The third-order valence-corrected chi connectivity index (χ3v) is 5.85. The number of hydrogen-bond donors (Lipinski definition) is 4. The van der Waals surface area contributed by atoms with Crippen LogP contribution >= 0.6 is 0 Å². The van der Waals surface area contributed by atoms with Crippen LogP contribution in [0.25, 0.3) is 0 Å². The maximum atomic E-state index is 14.5. The van der Waals surface area contributed by atoms with Gasteiger partial charge in [0, 0.05) is 19.5 Å². The molecule has 2 unspecified atom stereocenters. The molecule has 4 rings (SSSR count). The Hall–Kier alpha value is -2.97. The summed E-state index contributed by atoms with van der Waals surface area (Å²) in [6.07, 6.45) is 1.68. The lowest BCUT2D eigenvalue weighted by Crippen LogP contribution is -2.51. The smallest absolute Gasteiger partial charge is 0.239 e. The molecule has 34 heavy (non-hydrogen) atoms. The monoisotopic (exact) mass is 471 g/mol. The Morgan fingerprint density at radius 1 is 1.15 bits per heavy atom. The van der Waals surface area contributed by atoms with Crippen LogP contribution in [0.1, 0.15) is 42.9 Å². The fourth-order valence-corrected chi connectivity index (χ4v) is 3.89. The van der Waals surface area contributed by atoms with Gasteiger partial charge < -0.3 is 25.8 Å². The Morgan fingerprint density at radius 3 is 2.76 bits per heavy atom. The first-order valence-electron chi connectivity index (χ1n) is 11.9. The van der Waals surface area contributed by atoms with Gasteiger partial charge in [-0.3, -0.25) is 9.59 Å². The number of hydrogen-bond acceptors (Lipinski definition) is 5. The van der Waals surface area contributed by atoms with Gasteiger partial charge in [-0.2, -0.15) is 0 Å². The molecule has 2 aliphatic rings. The average molecular weight is 472 g/mol. The summed E-state index contributed by atoms with van der Waals surface area (Å²) < 4.78 is 20.0. The van der Waals surface area contributed by atoms with Crippen molar-refractivity contribution in [2.24, 2.45) is 0 Å². The number of rotatable bonds is 6. The Morgan fingerprint density at radius 2 is 1.97 bits per heavy atom. The van der Waals surface area contributed by atoms with Crippen LogP contribution in [-0.2, 0) is 29.0 Å². The number of carbonyl (C=O) groups is 2. The minimum atomic E-state index is -0.924. The van der Waals surface area contributed by atoms with Crippen molar-refractivity contribution in [1.29, 1.82) is 0 Å². The third-order valence-electron chi connectivity index (χ3n) is 5.85. The van der Waals surface area contributed by atoms with E-state index in [1.54, 1.807) is 12.1 Å². The summed E-state index contributed by atoms with van der Waals surface area (Å²) in [4.78, 5) is 24.4. The topological polar surface area (TPSA) is 99.7 Å². The quantitative estimate of drug-likeness (QED) is 0.518. The van der Waals surface area contributed by atoms with Gasteiger partial charge in [0.05, 0.1) is 25.3 Å². The Bertz CT molecular complexity index is 969. The molecule has 0 spiro atoms. The summed E-state index contributed by atoms with van der Waals surface area (Å²) in [5.41, 5.74) is 2.97. The molecule has 2 heterocycles. The molecule has 0 aliphatic carbocycles. The molecule has 2 aromatic carbocycles. The number of benzene rings is 2. The van der Waals surface area contributed by atoms with Crippen LogP contribution in [0.3, 0.4) is 0 Å². The van der Waals surface area contributed by atoms with Gasteiger partial charge in [-0.05, 0) is 54.5 Å². The minimum Gasteiger partial charge on any atom is -0.491 e. The zero-order chi connectivity index (χ0) is 24.3. The zero-order valence-corrected chi connectivity index (χ0v) is 19.6. The second-order valence-corrected chi connectivity index (χ2v) is 8.60. The van der Waals surface area contributed by atoms with Crippen molar-refractivity contribution < 1.29 is 23.8 Å². The van der Waals surface area contributed by atoms with E-state index in [1.165, 1.54) is 11.6 Å². The molecule has 2 aromatic rings. The SMILES string of the molecule is CCc1cccc(CNCC(O)C2Cc3ccc(c(F)c3)OCCCCC(=O)NCC(=O)N2)c1. The van der Waals surface area contributed by atoms with Gasteiger partial charge >= 0.3 is 0 Å². The number of aliphatic hydroxyl groups is 1. The van der Waals surface area contributed by atoms with Gasteiger partial charge in [-0.25, -0.2) is 4.39 Å². The van der Waals surface area contributed by atoms with Crippen molar-refractivity contribution in [3.8, 4) is 5.75 Å². The first-order valence-corrected chi connectivity index (χ1v) is 11.9. The normalized spacial score (nSPS) is 18.6. The Kier molecular flexibility index (Phi) is 9.85. The van der Waals surface area contributed by atoms with E-state index in [9.17, 15) is 19.1 Å². The van der Waals surface area contributed by atoms with E-state index in [0.717, 1.165) is 12.0 Å². The van der Waals surface area contributed by atoms with Crippen LogP contribution in [0.5, 0.6) is 5.75 Å². The van der Waals surface area contributed by atoms with E-state index >= 15 is 0 Å². The highest BCUT2D eigenvalue weighted by Crippen LogP contribution is 2.20. The van der Waals surface area contributed by atoms with Crippen molar-refractivity contribution in [3.63, 3.8) is 0 Å². The fourth-order valence-electron chi connectivity index (χ4n) is 3.89. The lowest BCUT2D eigenvalue weighted by molar-refractivity contribution is -0.126. The lowest BCUT2D eigenvalue weighted by atomic mass is 10.0. The Balaban J connectivity index is 1.68. The predicted octanol–water partition coefficient (Wildman–Crippen LogP) is 2.25. The van der Waals surface area contributed by atoms with Crippen molar-refractivity contribution in [2.45, 2.75) is 57.7 Å². The van der Waals surface area contributed by atoms with E-state index in [4.69, 9.17) is 4.74 Å². The van der Waals surface area contributed by atoms with Crippen molar-refractivity contribution >= 4 is 11.8 Å². The van der Waals surface area contributed by atoms with Crippen molar-refractivity contribution in [3.05, 3.63) is 65.0 Å². The zero-order valence-electron chi connectivity index (χ0n) is 19.6. The van der Waals surface area contributed by atoms with E-state index < -0.39 is 23.9 Å². The summed E-state index contributed by atoms with van der Waals surface area (Å²) in [6.45, 7) is 3.03. The molecule has 0 aromatic heterocycles. The summed E-state index contributed by atoms with van der Waals surface area (Å²) in [6, 6.07) is 12.2. The van der Waals surface area contributed by atoms with Crippen LogP contribution in [0, 0.1) is 5.82 Å². The number of carbonyl (C=O) groups excluding carboxylic acids is 2. The van der Waals surface area contributed by atoms with Gasteiger partial charge in [-0.1, -0.05) is 37.3 Å². The van der Waals surface area contributed by atoms with Gasteiger partial charge in [0.25, 0.3) is 0 Å². The molecular weight excluding hydrogens is 437 g/mol. The van der Waals surface area contributed by atoms with Gasteiger partial charge in [0.2, 0.25) is 11.8 Å². The van der Waals surface area contributed by atoms with Gasteiger partial charge in [0.1, 0.15) is 0 Å². The maximum Gasteiger partial charge on any atom is 0.239 e. The number of aliphatic hydroxyl groups excluding tert-OH is 1. The van der Waals surface area contributed by atoms with E-state index in [-0.39, 0.29) is 37.6 Å². The number of amides is 2. The van der Waals surface area contributed by atoms with Crippen LogP contribution in [0.2, 0.25) is 0 Å². The third kappa shape index (κ3) is 8.11. The number of halogens is 1. The van der Waals surface area contributed by atoms with E-state index in [1.807, 2.05) is 12.1 Å². The molecule has 2 bridgehead atoms. The standard InChI is InChI=1S/C26H34FN3O4/c1-2-18-6-5-7-20(12-18)15-28-16-23(31)22-14-19-9-10-24(21(27)13-19)34-11-4-3-8-25(32)29-17-26(33)30-22/h5-7,9-10,12-13,22-23,28,31H,2-4,8,11,14-17H2,1H3,(H,29,32)(H,30,33). The summed E-state index contributed by atoms with van der Waals surface area (Å²) in [5, 5.41) is 19.5. The van der Waals surface area contributed by atoms with Crippen LogP contribution in [0.4, 0.5) is 4.39 Å². The second kappa shape index (κ2) is 13.1. The number of nitrogens with one attached hydrogen (secondary N) is 3. The molecule has 7 nitrogen and oxygen atoms in total. The fraction of sp³-hybridized carbons (Fsp3) is 0.462. The molecule has 0 fully saturated rings. The molecule has 2 atom stereocenters. The van der Waals surface area contributed by atoms with Gasteiger partial charge in [0.15, 0.2) is 11.6 Å². The first-order chi connectivity index (χ1) is 16.4. The summed E-state index contributed by atoms with van der Waals surface area (Å²) in [5.74, 6) is -0.973. The number of fused-ring (bicyclic) bond motifs is 13. The highest BCUT2D eigenvalue weighted by molar-refractivity contribution is 5.84. The molecule has 4 N–H and O–H groups in total. The number of ether oxygens (including phenoxy) is 1. The van der Waals surface area contributed by atoms with Gasteiger partial charge in [-0.15, -0.1) is 0 Å². The molecule has 0 radical (unpaired) electrons. The van der Waals surface area contributed by atoms with E-state index in [0.29, 0.717) is 31.6 Å². The lowest BCUT2D eigenvalue weighted by Gasteiger charge is -2.25. The molecule has 8 heteroatoms. The Labute approximate surface area is 200 Å². The minimum absolute atomic E-state index is 0.150. The molecule has 0 saturated heterocycles. The molecule has 2 amide bonds. The van der Waals surface area contributed by atoms with Crippen LogP contribution in [0.15, 0.2) is 42.5 Å². The molecular formula is C26H34FN3O4. The van der Waals surface area contributed by atoms with Crippen molar-refractivity contribution in [1.82, 2.24) is 16.0 Å². The van der Waals surface area contributed by atoms with E-state index in [2.05, 4.69) is 35.0 Å². The number of aryl methyl sites for hydroxylation is 1. The second-order valence-electron chi connectivity index (χ2n) is 8.60. The van der Waals surface area contributed by atoms with Crippen LogP contribution < -0.4 is 20.7 Å². The predicted molar refractivity (Wildman–Crippen MR) is 128 cm³/mol. The average Bonchev–Trinajstić information content (AvgIpc) is 2.82. The van der Waals surface area contributed by atoms with Crippen molar-refractivity contribution in [2.75, 3.05) is 19.7 Å². The molecule has 2 aliphatic heterocycles. The summed E-state index contributed by atoms with van der Waals surface area (Å²) in [7, 11) is 0. The first kappa shape index (κ1) is 25.6. The van der Waals surface area contributed by atoms with Crippen LogP contribution in [-0.4, -0.2) is 48.8 Å². The molecule has 184 valence electrons.